The number of hydrogen-bond donors (Lipinski definition) is 1. The van der Waals surface area contributed by atoms with Crippen LogP contribution in [0.2, 0.25) is 0 Å². The lowest BCUT2D eigenvalue weighted by molar-refractivity contribution is -0.131. The molecule has 0 aliphatic carbocycles. The van der Waals surface area contributed by atoms with Crippen LogP contribution >= 0.6 is 0 Å². The molecule has 0 saturated carbocycles. The largest absolute Gasteiger partial charge is 0.493 e. The van der Waals surface area contributed by atoms with Crippen molar-refractivity contribution in [1.82, 2.24) is 24.9 Å². The number of nitrogens with zero attached hydrogens (tertiary/aromatic N) is 6. The molecule has 19 heteroatoms. The van der Waals surface area contributed by atoms with Crippen LogP contribution in [0.4, 0.5) is 25.1 Å². The summed E-state index contributed by atoms with van der Waals surface area (Å²) in [6, 6.07) is 21.2. The quantitative estimate of drug-likeness (QED) is 0.107. The van der Waals surface area contributed by atoms with Crippen molar-refractivity contribution < 1.29 is 50.6 Å². The topological polar surface area (TPSA) is 173 Å². The molecule has 0 spiro atoms. The molecule has 16 nitrogen and oxygen atoms in total. The smallest absolute Gasteiger partial charge is 0.329 e. The van der Waals surface area contributed by atoms with Gasteiger partial charge in [-0.05, 0) is 105 Å². The van der Waals surface area contributed by atoms with Crippen LogP contribution in [0.15, 0.2) is 78.9 Å². The van der Waals surface area contributed by atoms with Gasteiger partial charge in [-0.15, -0.1) is 0 Å². The van der Waals surface area contributed by atoms with Gasteiger partial charge in [-0.1, -0.05) is 24.3 Å². The number of benzene rings is 4. The molecule has 4 aliphatic heterocycles. The lowest BCUT2D eigenvalue weighted by Gasteiger charge is -2.45. The van der Waals surface area contributed by atoms with E-state index >= 15 is 8.78 Å². The number of hydrogen-bond acceptors (Lipinski definition) is 12. The van der Waals surface area contributed by atoms with Crippen molar-refractivity contribution in [2.75, 3.05) is 74.8 Å². The number of fused-ring (bicyclic) bond motifs is 2. The number of imide groups is 2. The van der Waals surface area contributed by atoms with Gasteiger partial charge < -0.3 is 19.1 Å². The van der Waals surface area contributed by atoms with E-state index in [-0.39, 0.29) is 42.5 Å². The maximum Gasteiger partial charge on any atom is 0.329 e. The Morgan fingerprint density at radius 2 is 1.64 bits per heavy atom. The van der Waals surface area contributed by atoms with E-state index in [2.05, 4.69) is 10.4 Å². The number of anilines is 2. The van der Waals surface area contributed by atoms with Crippen molar-refractivity contribution >= 4 is 56.0 Å². The van der Waals surface area contributed by atoms with E-state index in [0.29, 0.717) is 98.5 Å². The summed E-state index contributed by atoms with van der Waals surface area (Å²) >= 11 is 0. The summed E-state index contributed by atoms with van der Waals surface area (Å²) in [5.74, 6) is -3.54. The van der Waals surface area contributed by atoms with Crippen molar-refractivity contribution in [2.24, 2.45) is 18.9 Å². The third kappa shape index (κ3) is 9.71. The number of rotatable bonds is 15. The first-order chi connectivity index (χ1) is 33.0. The number of amides is 5. The number of methoxy groups -OCH3 is 1. The van der Waals surface area contributed by atoms with E-state index in [9.17, 15) is 27.6 Å². The number of alkyl halides is 2. The summed E-state index contributed by atoms with van der Waals surface area (Å²) in [6.45, 7) is 3.88. The Bertz CT molecular complexity index is 2920. The monoisotopic (exact) mass is 967 g/mol. The van der Waals surface area contributed by atoms with E-state index in [4.69, 9.17) is 14.2 Å². The molecule has 4 aliphatic rings. The van der Waals surface area contributed by atoms with Crippen LogP contribution in [0.3, 0.4) is 0 Å². The van der Waals surface area contributed by atoms with Gasteiger partial charge in [0, 0.05) is 63.3 Å². The molecule has 2 atom stereocenters. The minimum Gasteiger partial charge on any atom is -0.493 e. The second-order valence-electron chi connectivity index (χ2n) is 18.3. The van der Waals surface area contributed by atoms with Crippen LogP contribution in [-0.2, 0) is 28.1 Å². The molecular weight excluding hydrogens is 913 g/mol. The molecule has 5 aromatic rings. The SMILES string of the molecule is CCOc1cc(C(CS(C)(=O)=O)N2C(=O)c3cccc(N4CCC(C5CCN(CCc6ccc(Oc7ccc8c(N9CCC(=O)NC9=O)nn(C)c8c7)cc6)CC5(F)F)CC4)c3C2=O)ccc1OC. The Morgan fingerprint density at radius 3 is 2.33 bits per heavy atom. The highest BCUT2D eigenvalue weighted by atomic mass is 32.2. The Labute approximate surface area is 399 Å². The Hall–Kier alpha value is -6.60. The molecule has 2 unspecified atom stereocenters. The molecule has 1 aromatic heterocycles. The maximum absolute atomic E-state index is 16.1. The highest BCUT2D eigenvalue weighted by Crippen LogP contribution is 2.44. The normalized spacial score (nSPS) is 19.5. The second-order valence-corrected chi connectivity index (χ2v) is 20.5. The number of nitrogens with one attached hydrogen (secondary N) is 1. The lowest BCUT2D eigenvalue weighted by Crippen LogP contribution is -2.52. The van der Waals surface area contributed by atoms with Crippen LogP contribution in [0.1, 0.15) is 70.5 Å². The second kappa shape index (κ2) is 19.1. The summed E-state index contributed by atoms with van der Waals surface area (Å²) in [6.07, 6.45) is 3.18. The summed E-state index contributed by atoms with van der Waals surface area (Å²) in [5, 5.41) is 7.60. The van der Waals surface area contributed by atoms with Gasteiger partial charge in [-0.2, -0.15) is 5.10 Å². The van der Waals surface area contributed by atoms with Crippen LogP contribution < -0.4 is 29.3 Å². The number of sulfone groups is 1. The first-order valence-electron chi connectivity index (χ1n) is 23.2. The number of piperidine rings is 2. The van der Waals surface area contributed by atoms with E-state index in [1.165, 1.54) is 12.0 Å². The Kier molecular flexibility index (Phi) is 13.1. The number of urea groups is 1. The number of halogens is 2. The molecule has 1 N–H and O–H groups in total. The zero-order chi connectivity index (χ0) is 48.8. The number of ether oxygens (including phenoxy) is 3. The highest BCUT2D eigenvalue weighted by molar-refractivity contribution is 7.90. The Balaban J connectivity index is 0.794. The number of carbonyl (C=O) groups excluding carboxylic acids is 4. The summed E-state index contributed by atoms with van der Waals surface area (Å²) in [5.41, 5.74) is 3.02. The number of aryl methyl sites for hydroxylation is 1. The van der Waals surface area contributed by atoms with Crippen molar-refractivity contribution in [1.29, 1.82) is 0 Å². The first-order valence-corrected chi connectivity index (χ1v) is 25.3. The molecule has 3 fully saturated rings. The minimum atomic E-state index is -3.69. The number of aromatic nitrogens is 2. The van der Waals surface area contributed by atoms with Crippen LogP contribution in [0.5, 0.6) is 23.0 Å². The van der Waals surface area contributed by atoms with Gasteiger partial charge in [0.1, 0.15) is 21.3 Å². The molecule has 3 saturated heterocycles. The summed E-state index contributed by atoms with van der Waals surface area (Å²) in [4.78, 5) is 58.8. The fourth-order valence-corrected chi connectivity index (χ4v) is 11.3. The van der Waals surface area contributed by atoms with E-state index in [1.54, 1.807) is 61.1 Å². The average molecular weight is 968 g/mol. The van der Waals surface area contributed by atoms with Gasteiger partial charge in [0.05, 0.1) is 54.4 Å². The van der Waals surface area contributed by atoms with Gasteiger partial charge in [-0.25, -0.2) is 22.0 Å². The molecule has 4 aromatic carbocycles. The summed E-state index contributed by atoms with van der Waals surface area (Å²) in [7, 11) is -0.441. The van der Waals surface area contributed by atoms with Gasteiger partial charge in [0.2, 0.25) is 5.91 Å². The average Bonchev–Trinajstić information content (AvgIpc) is 3.78. The maximum atomic E-state index is 16.1. The van der Waals surface area contributed by atoms with Crippen LogP contribution in [-0.4, -0.2) is 123 Å². The molecule has 9 rings (SSSR count). The molecule has 0 radical (unpaired) electrons. The molecule has 5 heterocycles. The van der Waals surface area contributed by atoms with E-state index in [0.717, 1.165) is 27.6 Å². The Morgan fingerprint density at radius 1 is 0.884 bits per heavy atom. The van der Waals surface area contributed by atoms with Crippen LogP contribution in [0.25, 0.3) is 10.9 Å². The first kappa shape index (κ1) is 47.5. The highest BCUT2D eigenvalue weighted by Gasteiger charge is 2.49. The van der Waals surface area contributed by atoms with Crippen molar-refractivity contribution in [2.45, 2.75) is 51.0 Å². The van der Waals surface area contributed by atoms with E-state index in [1.807, 2.05) is 46.2 Å². The van der Waals surface area contributed by atoms with Gasteiger partial charge in [0.15, 0.2) is 17.3 Å². The predicted octanol–water partition coefficient (Wildman–Crippen LogP) is 7.02. The molecule has 364 valence electrons. The standard InChI is InChI=1S/C50H55F2N7O9S/c1-5-67-43-27-33(11-16-42(43)66-3)41(29-69(4,64)65)59-47(61)37-7-6-8-39(45(37)48(59)62)57-24-18-32(19-25-57)38-20-23-56(30-50(38,51)52)22-17-31-9-12-34(13-10-31)68-35-14-15-36-40(28-35)55(2)54-46(36)58-26-21-44(60)53-49(58)63/h6-16,27-28,32,38,41H,5,17-26,29-30H2,1-4H3,(H,53,60,63). The third-order valence-corrected chi connectivity index (χ3v) is 14.7. The van der Waals surface area contributed by atoms with Gasteiger partial charge in [-0.3, -0.25) is 39.1 Å². The predicted molar refractivity (Wildman–Crippen MR) is 254 cm³/mol. The van der Waals surface area contributed by atoms with Crippen molar-refractivity contribution in [3.05, 3.63) is 101 Å². The summed E-state index contributed by atoms with van der Waals surface area (Å²) < 4.78 is 76.6. The van der Waals surface area contributed by atoms with Gasteiger partial charge in [0.25, 0.3) is 17.7 Å². The fourth-order valence-electron chi connectivity index (χ4n) is 10.3. The molecule has 0 bridgehead atoms. The lowest BCUT2D eigenvalue weighted by atomic mass is 9.76. The molecular formula is C50H55F2N7O9S. The zero-order valence-corrected chi connectivity index (χ0v) is 39.8. The van der Waals surface area contributed by atoms with Crippen LogP contribution in [0, 0.1) is 11.8 Å². The van der Waals surface area contributed by atoms with Crippen molar-refractivity contribution in [3.8, 4) is 23.0 Å². The van der Waals surface area contributed by atoms with Gasteiger partial charge >= 0.3 is 6.03 Å². The number of likely N-dealkylation sites (tertiary alicyclic amines) is 1. The fraction of sp³-hybridized carbons (Fsp3) is 0.420. The number of carbonyl (C=O) groups is 4. The molecule has 5 amide bonds. The third-order valence-electron chi connectivity index (χ3n) is 13.7. The minimum absolute atomic E-state index is 0.169. The zero-order valence-electron chi connectivity index (χ0n) is 39.0. The van der Waals surface area contributed by atoms with Crippen molar-refractivity contribution in [3.63, 3.8) is 0 Å². The van der Waals surface area contributed by atoms with E-state index < -0.39 is 51.3 Å². The molecule has 69 heavy (non-hydrogen) atoms.